The molecule has 0 aliphatic heterocycles. The van der Waals surface area contributed by atoms with Gasteiger partial charge in [-0.3, -0.25) is 0 Å². The van der Waals surface area contributed by atoms with Crippen LogP contribution < -0.4 is 11.4 Å². The number of nitrogens with zero attached hydrogens (tertiary/aromatic N) is 2. The first-order valence-electron chi connectivity index (χ1n) is 7.58. The van der Waals surface area contributed by atoms with Gasteiger partial charge in [0.15, 0.2) is 12.4 Å². The maximum atomic E-state index is 12.3. The van der Waals surface area contributed by atoms with E-state index in [1.54, 1.807) is 13.8 Å². The van der Waals surface area contributed by atoms with Crippen LogP contribution in [-0.4, -0.2) is 15.9 Å². The van der Waals surface area contributed by atoms with Gasteiger partial charge in [-0.15, -0.1) is 11.3 Å². The molecule has 0 saturated heterocycles. The van der Waals surface area contributed by atoms with Gasteiger partial charge in [0.05, 0.1) is 5.39 Å². The SMILES string of the molecule is Cc1cc(=O)oc(C)c1C(=O)OCc1nc(N)c2c(C)c(C)sc2n1. The minimum absolute atomic E-state index is 0.118. The fourth-order valence-electron chi connectivity index (χ4n) is 2.66. The molecular formula is C17H17N3O4S. The molecule has 0 radical (unpaired) electrons. The fourth-order valence-corrected chi connectivity index (χ4v) is 3.71. The van der Waals surface area contributed by atoms with E-state index in [-0.39, 0.29) is 17.9 Å². The first kappa shape index (κ1) is 17.1. The number of aromatic nitrogens is 2. The Morgan fingerprint density at radius 1 is 1.28 bits per heavy atom. The summed E-state index contributed by atoms with van der Waals surface area (Å²) in [5.74, 6) is 0.318. The van der Waals surface area contributed by atoms with E-state index in [2.05, 4.69) is 9.97 Å². The fraction of sp³-hybridized carbons (Fsp3) is 0.294. The zero-order valence-electron chi connectivity index (χ0n) is 14.3. The molecule has 0 atom stereocenters. The lowest BCUT2D eigenvalue weighted by Crippen LogP contribution is -2.14. The Morgan fingerprint density at radius 3 is 2.68 bits per heavy atom. The van der Waals surface area contributed by atoms with E-state index in [4.69, 9.17) is 14.9 Å². The molecule has 0 aliphatic rings. The number of hydrogen-bond donors (Lipinski definition) is 1. The van der Waals surface area contributed by atoms with Crippen molar-refractivity contribution in [2.45, 2.75) is 34.3 Å². The first-order valence-corrected chi connectivity index (χ1v) is 8.40. The van der Waals surface area contributed by atoms with E-state index in [9.17, 15) is 9.59 Å². The number of esters is 1. The number of hydrogen-bond acceptors (Lipinski definition) is 8. The minimum Gasteiger partial charge on any atom is -0.454 e. The third-order valence-electron chi connectivity index (χ3n) is 3.97. The highest BCUT2D eigenvalue weighted by molar-refractivity contribution is 7.18. The van der Waals surface area contributed by atoms with Crippen LogP contribution >= 0.6 is 11.3 Å². The van der Waals surface area contributed by atoms with Gasteiger partial charge in [0, 0.05) is 10.9 Å². The molecule has 3 aromatic rings. The summed E-state index contributed by atoms with van der Waals surface area (Å²) >= 11 is 1.52. The van der Waals surface area contributed by atoms with Crippen molar-refractivity contribution in [2.24, 2.45) is 0 Å². The van der Waals surface area contributed by atoms with Crippen LogP contribution in [0.15, 0.2) is 15.3 Å². The van der Waals surface area contributed by atoms with Crippen molar-refractivity contribution in [2.75, 3.05) is 5.73 Å². The van der Waals surface area contributed by atoms with Gasteiger partial charge >= 0.3 is 11.6 Å². The highest BCUT2D eigenvalue weighted by atomic mass is 32.1. The molecule has 8 heteroatoms. The molecule has 0 saturated carbocycles. The summed E-state index contributed by atoms with van der Waals surface area (Å²) < 4.78 is 10.2. The molecule has 2 N–H and O–H groups in total. The van der Waals surface area contributed by atoms with Crippen LogP contribution in [0.4, 0.5) is 5.82 Å². The van der Waals surface area contributed by atoms with Gasteiger partial charge in [0.25, 0.3) is 0 Å². The topological polar surface area (TPSA) is 108 Å². The lowest BCUT2D eigenvalue weighted by molar-refractivity contribution is 0.0457. The van der Waals surface area contributed by atoms with Gasteiger partial charge in [0.2, 0.25) is 0 Å². The number of aryl methyl sites for hydroxylation is 4. The summed E-state index contributed by atoms with van der Waals surface area (Å²) in [6.07, 6.45) is 0. The van der Waals surface area contributed by atoms with Gasteiger partial charge in [-0.25, -0.2) is 19.6 Å². The lowest BCUT2D eigenvalue weighted by Gasteiger charge is -2.08. The van der Waals surface area contributed by atoms with Crippen LogP contribution in [0.1, 0.15) is 37.9 Å². The Balaban J connectivity index is 1.86. The molecule has 130 valence electrons. The Kier molecular flexibility index (Phi) is 4.30. The van der Waals surface area contributed by atoms with Gasteiger partial charge < -0.3 is 14.9 Å². The van der Waals surface area contributed by atoms with Gasteiger partial charge in [-0.05, 0) is 38.8 Å². The number of rotatable bonds is 3. The van der Waals surface area contributed by atoms with Crippen molar-refractivity contribution in [3.8, 4) is 0 Å². The molecule has 25 heavy (non-hydrogen) atoms. The first-order chi connectivity index (χ1) is 11.8. The van der Waals surface area contributed by atoms with Crippen molar-refractivity contribution in [3.63, 3.8) is 0 Å². The van der Waals surface area contributed by atoms with Crippen LogP contribution in [0.25, 0.3) is 10.2 Å². The summed E-state index contributed by atoms with van der Waals surface area (Å²) in [7, 11) is 0. The highest BCUT2D eigenvalue weighted by Crippen LogP contribution is 2.31. The van der Waals surface area contributed by atoms with Crippen molar-refractivity contribution in [3.05, 3.63) is 49.6 Å². The number of ether oxygens (including phenoxy) is 1. The zero-order chi connectivity index (χ0) is 18.3. The minimum atomic E-state index is -0.598. The van der Waals surface area contributed by atoms with Gasteiger partial charge in [0.1, 0.15) is 22.0 Å². The standard InChI is InChI=1S/C17H17N3O4S/c1-7-5-12(21)24-9(3)13(7)17(22)23-6-11-19-15(18)14-8(2)10(4)25-16(14)20-11/h5H,6H2,1-4H3,(H2,18,19,20). The summed E-state index contributed by atoms with van der Waals surface area (Å²) in [6, 6.07) is 1.25. The second kappa shape index (κ2) is 6.29. The zero-order valence-corrected chi connectivity index (χ0v) is 15.1. The average molecular weight is 359 g/mol. The van der Waals surface area contributed by atoms with Crippen LogP contribution in [0, 0.1) is 27.7 Å². The Hall–Kier alpha value is -2.74. The molecule has 0 aliphatic carbocycles. The maximum Gasteiger partial charge on any atom is 0.342 e. The molecule has 3 heterocycles. The smallest absolute Gasteiger partial charge is 0.342 e. The normalized spacial score (nSPS) is 11.0. The molecule has 0 amide bonds. The average Bonchev–Trinajstić information content (AvgIpc) is 2.79. The van der Waals surface area contributed by atoms with Gasteiger partial charge in [-0.2, -0.15) is 0 Å². The van der Waals surface area contributed by atoms with Crippen LogP contribution in [-0.2, 0) is 11.3 Å². The number of carbonyl (C=O) groups is 1. The number of thiophene rings is 1. The lowest BCUT2D eigenvalue weighted by atomic mass is 10.1. The molecular weight excluding hydrogens is 342 g/mol. The predicted octanol–water partition coefficient (Wildman–Crippen LogP) is 2.82. The second-order valence-electron chi connectivity index (χ2n) is 5.74. The monoisotopic (exact) mass is 359 g/mol. The molecule has 0 spiro atoms. The number of carbonyl (C=O) groups excluding carboxylic acids is 1. The van der Waals surface area contributed by atoms with Crippen LogP contribution in [0.5, 0.6) is 0 Å². The third kappa shape index (κ3) is 3.12. The highest BCUT2D eigenvalue weighted by Gasteiger charge is 2.18. The number of nitrogen functional groups attached to an aromatic ring is 1. The van der Waals surface area contributed by atoms with Crippen molar-refractivity contribution in [1.29, 1.82) is 0 Å². The summed E-state index contributed by atoms with van der Waals surface area (Å²) in [4.78, 5) is 34.1. The number of nitrogens with two attached hydrogens (primary N) is 1. The largest absolute Gasteiger partial charge is 0.454 e. The molecule has 0 fully saturated rings. The number of anilines is 1. The van der Waals surface area contributed by atoms with Crippen LogP contribution in [0.2, 0.25) is 0 Å². The second-order valence-corrected chi connectivity index (χ2v) is 6.95. The quantitative estimate of drug-likeness (QED) is 0.716. The van der Waals surface area contributed by atoms with E-state index in [0.29, 0.717) is 17.2 Å². The summed E-state index contributed by atoms with van der Waals surface area (Å²) in [5, 5.41) is 0.842. The van der Waals surface area contributed by atoms with E-state index < -0.39 is 11.6 Å². The van der Waals surface area contributed by atoms with Crippen molar-refractivity contribution < 1.29 is 13.9 Å². The number of fused-ring (bicyclic) bond motifs is 1. The van der Waals surface area contributed by atoms with E-state index in [1.165, 1.54) is 17.4 Å². The molecule has 7 nitrogen and oxygen atoms in total. The predicted molar refractivity (Wildman–Crippen MR) is 94.9 cm³/mol. The Labute approximate surface area is 147 Å². The van der Waals surface area contributed by atoms with Crippen molar-refractivity contribution >= 4 is 33.3 Å². The third-order valence-corrected chi connectivity index (χ3v) is 5.08. The summed E-state index contributed by atoms with van der Waals surface area (Å²) in [5.41, 5.74) is 7.31. The summed E-state index contributed by atoms with van der Waals surface area (Å²) in [6.45, 7) is 7.05. The maximum absolute atomic E-state index is 12.3. The van der Waals surface area contributed by atoms with E-state index in [1.807, 2.05) is 13.8 Å². The van der Waals surface area contributed by atoms with E-state index >= 15 is 0 Å². The Morgan fingerprint density at radius 2 is 2.00 bits per heavy atom. The molecule has 3 rings (SSSR count). The van der Waals surface area contributed by atoms with Gasteiger partial charge in [-0.1, -0.05) is 0 Å². The van der Waals surface area contributed by atoms with E-state index in [0.717, 1.165) is 20.7 Å². The Bertz CT molecular complexity index is 1030. The molecule has 0 bridgehead atoms. The molecule has 3 aromatic heterocycles. The molecule has 0 unspecified atom stereocenters. The van der Waals surface area contributed by atoms with Crippen LogP contribution in [0.3, 0.4) is 0 Å². The van der Waals surface area contributed by atoms with Crippen molar-refractivity contribution in [1.82, 2.24) is 9.97 Å². The molecule has 0 aromatic carbocycles.